The summed E-state index contributed by atoms with van der Waals surface area (Å²) in [4.78, 5) is 16.6. The number of hydrogen-bond acceptors (Lipinski definition) is 6. The normalized spacial score (nSPS) is 23.9. The van der Waals surface area contributed by atoms with Gasteiger partial charge in [0.1, 0.15) is 6.26 Å². The number of amides is 1. The van der Waals surface area contributed by atoms with Gasteiger partial charge >= 0.3 is 0 Å². The molecule has 2 fully saturated rings. The average Bonchev–Trinajstić information content (AvgIpc) is 3.08. The van der Waals surface area contributed by atoms with E-state index in [1.807, 2.05) is 24.0 Å². The number of likely N-dealkylation sites (tertiary alicyclic amines) is 1. The lowest BCUT2D eigenvalue weighted by Crippen LogP contribution is -2.49. The molecule has 1 amide bonds. The molecule has 0 N–H and O–H groups in total. The lowest BCUT2D eigenvalue weighted by Gasteiger charge is -2.37. The van der Waals surface area contributed by atoms with Gasteiger partial charge in [0.05, 0.1) is 30.2 Å². The van der Waals surface area contributed by atoms with Gasteiger partial charge in [0.2, 0.25) is 0 Å². The van der Waals surface area contributed by atoms with Crippen molar-refractivity contribution in [2.45, 2.75) is 19.4 Å². The molecule has 2 aromatic rings. The number of aryl methyl sites for hydroxylation is 1. The number of anilines is 1. The van der Waals surface area contributed by atoms with Gasteiger partial charge in [0, 0.05) is 32.1 Å². The van der Waals surface area contributed by atoms with E-state index in [2.05, 4.69) is 15.1 Å². The van der Waals surface area contributed by atoms with Crippen LogP contribution in [0, 0.1) is 12.8 Å². The second kappa shape index (κ2) is 6.84. The number of carbonyl (C=O) groups excluding carboxylic acids is 1. The van der Waals surface area contributed by atoms with E-state index in [9.17, 15) is 4.79 Å². The second-order valence-electron chi connectivity index (χ2n) is 6.70. The van der Waals surface area contributed by atoms with Gasteiger partial charge in [-0.3, -0.25) is 4.79 Å². The van der Waals surface area contributed by atoms with Crippen molar-refractivity contribution in [2.75, 3.05) is 37.7 Å². The number of aromatic nitrogens is 2. The summed E-state index contributed by atoms with van der Waals surface area (Å²) >= 11 is 0. The van der Waals surface area contributed by atoms with Gasteiger partial charge in [-0.25, -0.2) is 0 Å². The maximum Gasteiger partial charge on any atom is 0.257 e. The molecule has 0 radical (unpaired) electrons. The van der Waals surface area contributed by atoms with E-state index in [0.717, 1.165) is 37.6 Å². The van der Waals surface area contributed by atoms with Crippen LogP contribution in [-0.4, -0.2) is 59.9 Å². The standard InChI is InChI=1S/C18H22N4O3/c1-13-2-3-17(20-19-13)21-7-9-25-16-11-22(6-4-14(16)10-21)18(23)15-5-8-24-12-15/h2-3,5,8,12,14,16H,4,6-7,9-11H2,1H3/t14-,16-/m1/s1. The van der Waals surface area contributed by atoms with Crippen LogP contribution in [0.1, 0.15) is 22.5 Å². The predicted molar refractivity (Wildman–Crippen MR) is 91.4 cm³/mol. The van der Waals surface area contributed by atoms with Gasteiger partial charge in [-0.2, -0.15) is 5.10 Å². The molecule has 0 unspecified atom stereocenters. The van der Waals surface area contributed by atoms with Crippen LogP contribution >= 0.6 is 0 Å². The summed E-state index contributed by atoms with van der Waals surface area (Å²) in [5.74, 6) is 1.30. The number of fused-ring (bicyclic) bond motifs is 1. The second-order valence-corrected chi connectivity index (χ2v) is 6.70. The highest BCUT2D eigenvalue weighted by Crippen LogP contribution is 2.27. The molecule has 0 bridgehead atoms. The summed E-state index contributed by atoms with van der Waals surface area (Å²) < 4.78 is 11.1. The van der Waals surface area contributed by atoms with E-state index in [1.54, 1.807) is 6.07 Å². The van der Waals surface area contributed by atoms with E-state index >= 15 is 0 Å². The van der Waals surface area contributed by atoms with E-state index in [-0.39, 0.29) is 12.0 Å². The van der Waals surface area contributed by atoms with Crippen molar-refractivity contribution in [1.29, 1.82) is 0 Å². The number of hydrogen-bond donors (Lipinski definition) is 0. The van der Waals surface area contributed by atoms with Crippen LogP contribution in [0.5, 0.6) is 0 Å². The van der Waals surface area contributed by atoms with Crippen molar-refractivity contribution in [3.8, 4) is 0 Å². The summed E-state index contributed by atoms with van der Waals surface area (Å²) in [6.07, 6.45) is 4.01. The molecule has 4 rings (SSSR count). The molecular weight excluding hydrogens is 320 g/mol. The third-order valence-electron chi connectivity index (χ3n) is 5.01. The molecule has 25 heavy (non-hydrogen) atoms. The highest BCUT2D eigenvalue weighted by Gasteiger charge is 2.35. The zero-order valence-corrected chi connectivity index (χ0v) is 14.3. The number of nitrogens with zero attached hydrogens (tertiary/aromatic N) is 4. The molecule has 0 aromatic carbocycles. The Labute approximate surface area is 146 Å². The Bertz CT molecular complexity index is 716. The molecule has 2 saturated heterocycles. The number of carbonyl (C=O) groups is 1. The summed E-state index contributed by atoms with van der Waals surface area (Å²) in [5.41, 5.74) is 1.52. The summed E-state index contributed by atoms with van der Waals surface area (Å²) in [6, 6.07) is 5.71. The third kappa shape index (κ3) is 3.37. The third-order valence-corrected chi connectivity index (χ3v) is 5.01. The van der Waals surface area contributed by atoms with E-state index in [1.165, 1.54) is 12.5 Å². The Morgan fingerprint density at radius 3 is 2.88 bits per heavy atom. The molecule has 2 aliphatic rings. The predicted octanol–water partition coefficient (Wildman–Crippen LogP) is 1.75. The maximum atomic E-state index is 12.5. The molecule has 132 valence electrons. The Morgan fingerprint density at radius 2 is 2.12 bits per heavy atom. The van der Waals surface area contributed by atoms with Crippen LogP contribution in [0.2, 0.25) is 0 Å². The number of piperidine rings is 1. The SMILES string of the molecule is Cc1ccc(N2CCO[C@@H]3CN(C(=O)c4ccoc4)CC[C@@H]3C2)nn1. The van der Waals surface area contributed by atoms with Crippen molar-refractivity contribution in [1.82, 2.24) is 15.1 Å². The molecule has 0 aliphatic carbocycles. The van der Waals surface area contributed by atoms with Crippen LogP contribution in [0.3, 0.4) is 0 Å². The fourth-order valence-corrected chi connectivity index (χ4v) is 3.57. The first-order valence-electron chi connectivity index (χ1n) is 8.69. The quantitative estimate of drug-likeness (QED) is 0.828. The number of rotatable bonds is 2. The minimum atomic E-state index is 0.0151. The minimum absolute atomic E-state index is 0.0151. The van der Waals surface area contributed by atoms with Gasteiger partial charge in [-0.05, 0) is 31.5 Å². The maximum absolute atomic E-state index is 12.5. The highest BCUT2D eigenvalue weighted by molar-refractivity contribution is 5.93. The van der Waals surface area contributed by atoms with E-state index in [4.69, 9.17) is 9.15 Å². The van der Waals surface area contributed by atoms with Gasteiger partial charge in [0.15, 0.2) is 5.82 Å². The first kappa shape index (κ1) is 16.1. The zero-order chi connectivity index (χ0) is 17.2. The number of furan rings is 1. The smallest absolute Gasteiger partial charge is 0.257 e. The van der Waals surface area contributed by atoms with Gasteiger partial charge in [-0.1, -0.05) is 0 Å². The molecule has 7 heteroatoms. The van der Waals surface area contributed by atoms with Crippen LogP contribution in [0.4, 0.5) is 5.82 Å². The molecule has 0 spiro atoms. The Balaban J connectivity index is 1.43. The number of ether oxygens (including phenoxy) is 1. The van der Waals surface area contributed by atoms with Crippen LogP contribution in [0.15, 0.2) is 35.1 Å². The van der Waals surface area contributed by atoms with Crippen LogP contribution in [-0.2, 0) is 4.74 Å². The molecule has 2 aromatic heterocycles. The molecule has 4 heterocycles. The molecular formula is C18H22N4O3. The first-order valence-corrected chi connectivity index (χ1v) is 8.69. The minimum Gasteiger partial charge on any atom is -0.472 e. The monoisotopic (exact) mass is 342 g/mol. The van der Waals surface area contributed by atoms with Crippen molar-refractivity contribution >= 4 is 11.7 Å². The van der Waals surface area contributed by atoms with E-state index in [0.29, 0.717) is 24.6 Å². The lowest BCUT2D eigenvalue weighted by molar-refractivity contribution is -0.0169. The van der Waals surface area contributed by atoms with Gasteiger partial charge in [0.25, 0.3) is 5.91 Å². The van der Waals surface area contributed by atoms with E-state index < -0.39 is 0 Å². The molecule has 2 aliphatic heterocycles. The Hall–Kier alpha value is -2.41. The summed E-state index contributed by atoms with van der Waals surface area (Å²) in [6.45, 7) is 5.61. The topological polar surface area (TPSA) is 71.7 Å². The lowest BCUT2D eigenvalue weighted by atomic mass is 9.93. The van der Waals surface area contributed by atoms with Crippen LogP contribution in [0.25, 0.3) is 0 Å². The largest absolute Gasteiger partial charge is 0.472 e. The Morgan fingerprint density at radius 1 is 1.20 bits per heavy atom. The van der Waals surface area contributed by atoms with Gasteiger partial charge < -0.3 is 19.0 Å². The summed E-state index contributed by atoms with van der Waals surface area (Å²) in [5, 5.41) is 8.46. The first-order chi connectivity index (χ1) is 12.2. The van der Waals surface area contributed by atoms with Crippen molar-refractivity contribution in [2.24, 2.45) is 5.92 Å². The van der Waals surface area contributed by atoms with Crippen molar-refractivity contribution in [3.05, 3.63) is 42.0 Å². The average molecular weight is 342 g/mol. The Kier molecular flexibility index (Phi) is 4.40. The molecule has 7 nitrogen and oxygen atoms in total. The fourth-order valence-electron chi connectivity index (χ4n) is 3.57. The zero-order valence-electron chi connectivity index (χ0n) is 14.3. The van der Waals surface area contributed by atoms with Crippen LogP contribution < -0.4 is 4.90 Å². The van der Waals surface area contributed by atoms with Gasteiger partial charge in [-0.15, -0.1) is 5.10 Å². The fraction of sp³-hybridized carbons (Fsp3) is 0.500. The molecule has 0 saturated carbocycles. The van der Waals surface area contributed by atoms with Crippen molar-refractivity contribution in [3.63, 3.8) is 0 Å². The summed E-state index contributed by atoms with van der Waals surface area (Å²) in [7, 11) is 0. The van der Waals surface area contributed by atoms with Crippen molar-refractivity contribution < 1.29 is 13.9 Å². The highest BCUT2D eigenvalue weighted by atomic mass is 16.5. The molecule has 2 atom stereocenters.